The molecule has 0 fully saturated rings. The molecule has 0 aromatic heterocycles. The molecule has 0 aliphatic rings. The SMILES string of the molecule is Cc1ccc(NC(=O)c2cccc(C)c2O)cc1[N+](=O)[O-]. The Morgan fingerprint density at radius 2 is 1.90 bits per heavy atom. The quantitative estimate of drug-likeness (QED) is 0.669. The summed E-state index contributed by atoms with van der Waals surface area (Å²) < 4.78 is 0. The van der Waals surface area contributed by atoms with Gasteiger partial charge < -0.3 is 10.4 Å². The van der Waals surface area contributed by atoms with Crippen LogP contribution in [0.25, 0.3) is 0 Å². The van der Waals surface area contributed by atoms with Crippen LogP contribution in [0.2, 0.25) is 0 Å². The van der Waals surface area contributed by atoms with Gasteiger partial charge in [-0.1, -0.05) is 18.2 Å². The second-order valence-electron chi connectivity index (χ2n) is 4.68. The largest absolute Gasteiger partial charge is 0.507 e. The van der Waals surface area contributed by atoms with Crippen molar-refractivity contribution in [1.29, 1.82) is 0 Å². The molecule has 2 rings (SSSR count). The molecule has 2 aromatic carbocycles. The van der Waals surface area contributed by atoms with Crippen molar-refractivity contribution in [2.75, 3.05) is 5.32 Å². The summed E-state index contributed by atoms with van der Waals surface area (Å²) in [4.78, 5) is 22.5. The molecule has 0 radical (unpaired) electrons. The molecule has 2 N–H and O–H groups in total. The molecule has 0 saturated carbocycles. The third-order valence-corrected chi connectivity index (χ3v) is 3.15. The Morgan fingerprint density at radius 1 is 1.19 bits per heavy atom. The van der Waals surface area contributed by atoms with E-state index in [0.29, 0.717) is 16.8 Å². The third-order valence-electron chi connectivity index (χ3n) is 3.15. The topological polar surface area (TPSA) is 92.5 Å². The summed E-state index contributed by atoms with van der Waals surface area (Å²) in [6.45, 7) is 3.30. The fourth-order valence-electron chi connectivity index (χ4n) is 1.92. The zero-order valence-corrected chi connectivity index (χ0v) is 11.6. The summed E-state index contributed by atoms with van der Waals surface area (Å²) in [7, 11) is 0. The summed E-state index contributed by atoms with van der Waals surface area (Å²) in [6, 6.07) is 9.25. The lowest BCUT2D eigenvalue weighted by molar-refractivity contribution is -0.385. The summed E-state index contributed by atoms with van der Waals surface area (Å²) in [6.07, 6.45) is 0. The lowest BCUT2D eigenvalue weighted by atomic mass is 10.1. The number of carbonyl (C=O) groups is 1. The average Bonchev–Trinajstić information content (AvgIpc) is 2.43. The number of nitrogens with one attached hydrogen (secondary N) is 1. The van der Waals surface area contributed by atoms with Gasteiger partial charge in [-0.15, -0.1) is 0 Å². The highest BCUT2D eigenvalue weighted by Crippen LogP contribution is 2.25. The van der Waals surface area contributed by atoms with E-state index in [1.54, 1.807) is 38.1 Å². The Morgan fingerprint density at radius 3 is 2.57 bits per heavy atom. The van der Waals surface area contributed by atoms with Gasteiger partial charge in [0.05, 0.1) is 10.5 Å². The first-order valence-electron chi connectivity index (χ1n) is 6.25. The van der Waals surface area contributed by atoms with Crippen LogP contribution in [0.15, 0.2) is 36.4 Å². The van der Waals surface area contributed by atoms with Crippen molar-refractivity contribution >= 4 is 17.3 Å². The summed E-state index contributed by atoms with van der Waals surface area (Å²) in [5.74, 6) is -0.619. The maximum Gasteiger partial charge on any atom is 0.274 e. The number of amides is 1. The Bertz CT molecular complexity index is 726. The van der Waals surface area contributed by atoms with E-state index in [1.807, 2.05) is 0 Å². The van der Waals surface area contributed by atoms with Crippen LogP contribution in [-0.4, -0.2) is 15.9 Å². The van der Waals surface area contributed by atoms with E-state index in [-0.39, 0.29) is 17.0 Å². The van der Waals surface area contributed by atoms with Crippen molar-refractivity contribution < 1.29 is 14.8 Å². The Hall–Kier alpha value is -2.89. The van der Waals surface area contributed by atoms with E-state index in [1.165, 1.54) is 12.1 Å². The minimum atomic E-state index is -0.519. The molecule has 108 valence electrons. The maximum atomic E-state index is 12.1. The monoisotopic (exact) mass is 286 g/mol. The van der Waals surface area contributed by atoms with E-state index in [2.05, 4.69) is 5.32 Å². The average molecular weight is 286 g/mol. The molecular formula is C15H14N2O4. The van der Waals surface area contributed by atoms with Crippen LogP contribution in [0.3, 0.4) is 0 Å². The van der Waals surface area contributed by atoms with Gasteiger partial charge in [-0.2, -0.15) is 0 Å². The first-order valence-corrected chi connectivity index (χ1v) is 6.25. The van der Waals surface area contributed by atoms with Crippen LogP contribution >= 0.6 is 0 Å². The number of rotatable bonds is 3. The van der Waals surface area contributed by atoms with Crippen LogP contribution in [0.5, 0.6) is 5.75 Å². The van der Waals surface area contributed by atoms with Gasteiger partial charge in [-0.3, -0.25) is 14.9 Å². The molecule has 0 atom stereocenters. The molecule has 21 heavy (non-hydrogen) atoms. The number of hydrogen-bond acceptors (Lipinski definition) is 4. The molecular weight excluding hydrogens is 272 g/mol. The molecule has 2 aromatic rings. The highest BCUT2D eigenvalue weighted by Gasteiger charge is 2.15. The van der Waals surface area contributed by atoms with Gasteiger partial charge in [0, 0.05) is 17.3 Å². The lowest BCUT2D eigenvalue weighted by Gasteiger charge is -2.09. The van der Waals surface area contributed by atoms with Crippen molar-refractivity contribution in [1.82, 2.24) is 0 Å². The summed E-state index contributed by atoms with van der Waals surface area (Å²) in [5, 5.41) is 23.3. The second kappa shape index (κ2) is 5.62. The van der Waals surface area contributed by atoms with Gasteiger partial charge in [-0.25, -0.2) is 0 Å². The molecule has 0 heterocycles. The number of nitro groups is 1. The highest BCUT2D eigenvalue weighted by molar-refractivity contribution is 6.06. The van der Waals surface area contributed by atoms with Crippen molar-refractivity contribution in [3.8, 4) is 5.75 Å². The number of nitro benzene ring substituents is 1. The number of carbonyl (C=O) groups excluding carboxylic acids is 1. The van der Waals surface area contributed by atoms with E-state index >= 15 is 0 Å². The molecule has 0 aliphatic heterocycles. The second-order valence-corrected chi connectivity index (χ2v) is 4.68. The first kappa shape index (κ1) is 14.5. The van der Waals surface area contributed by atoms with Gasteiger partial charge in [-0.05, 0) is 31.5 Å². The van der Waals surface area contributed by atoms with Crippen molar-refractivity contribution in [3.63, 3.8) is 0 Å². The predicted molar refractivity (Wildman–Crippen MR) is 78.6 cm³/mol. The van der Waals surface area contributed by atoms with Crippen LogP contribution in [-0.2, 0) is 0 Å². The number of phenols is 1. The number of anilines is 1. The number of aryl methyl sites for hydroxylation is 2. The molecule has 6 heteroatoms. The minimum absolute atomic E-state index is 0.0683. The molecule has 0 spiro atoms. The zero-order chi connectivity index (χ0) is 15.6. The number of aromatic hydroxyl groups is 1. The van der Waals surface area contributed by atoms with Gasteiger partial charge in [0.2, 0.25) is 0 Å². The van der Waals surface area contributed by atoms with Crippen LogP contribution in [0, 0.1) is 24.0 Å². The minimum Gasteiger partial charge on any atom is -0.507 e. The van der Waals surface area contributed by atoms with E-state index in [9.17, 15) is 20.0 Å². The zero-order valence-electron chi connectivity index (χ0n) is 11.6. The van der Waals surface area contributed by atoms with Crippen LogP contribution in [0.1, 0.15) is 21.5 Å². The number of benzene rings is 2. The summed E-state index contributed by atoms with van der Waals surface area (Å²) in [5.41, 5.74) is 1.45. The van der Waals surface area contributed by atoms with Gasteiger partial charge in [0.1, 0.15) is 5.75 Å². The van der Waals surface area contributed by atoms with E-state index in [4.69, 9.17) is 0 Å². The maximum absolute atomic E-state index is 12.1. The fraction of sp³-hybridized carbons (Fsp3) is 0.133. The highest BCUT2D eigenvalue weighted by atomic mass is 16.6. The lowest BCUT2D eigenvalue weighted by Crippen LogP contribution is -2.12. The number of para-hydroxylation sites is 1. The first-order chi connectivity index (χ1) is 9.90. The van der Waals surface area contributed by atoms with Crippen LogP contribution in [0.4, 0.5) is 11.4 Å². The molecule has 0 bridgehead atoms. The Labute approximate surface area is 121 Å². The molecule has 0 saturated heterocycles. The van der Waals surface area contributed by atoms with Gasteiger partial charge in [0.25, 0.3) is 11.6 Å². The number of phenolic OH excluding ortho intramolecular Hbond substituents is 1. The number of nitrogens with zero attached hydrogens (tertiary/aromatic N) is 1. The van der Waals surface area contributed by atoms with E-state index in [0.717, 1.165) is 0 Å². The van der Waals surface area contributed by atoms with Gasteiger partial charge >= 0.3 is 0 Å². The molecule has 0 unspecified atom stereocenters. The van der Waals surface area contributed by atoms with Crippen molar-refractivity contribution in [2.24, 2.45) is 0 Å². The molecule has 1 amide bonds. The molecule has 0 aliphatic carbocycles. The third kappa shape index (κ3) is 3.00. The normalized spacial score (nSPS) is 10.2. The smallest absolute Gasteiger partial charge is 0.274 e. The Kier molecular flexibility index (Phi) is 3.89. The van der Waals surface area contributed by atoms with Crippen LogP contribution < -0.4 is 5.32 Å². The fourth-order valence-corrected chi connectivity index (χ4v) is 1.92. The molecule has 6 nitrogen and oxygen atoms in total. The van der Waals surface area contributed by atoms with E-state index < -0.39 is 10.8 Å². The predicted octanol–water partition coefficient (Wildman–Crippen LogP) is 3.17. The van der Waals surface area contributed by atoms with Gasteiger partial charge in [0.15, 0.2) is 0 Å². The number of hydrogen-bond donors (Lipinski definition) is 2. The summed E-state index contributed by atoms with van der Waals surface area (Å²) >= 11 is 0. The Balaban J connectivity index is 2.30. The van der Waals surface area contributed by atoms with Crippen molar-refractivity contribution in [2.45, 2.75) is 13.8 Å². The standard InChI is InChI=1S/C15H14N2O4/c1-9-6-7-11(8-13(9)17(20)21)16-15(19)12-5-3-4-10(2)14(12)18/h3-8,18H,1-2H3,(H,16,19). The van der Waals surface area contributed by atoms with Crippen molar-refractivity contribution in [3.05, 3.63) is 63.2 Å².